The molecule has 10 atom stereocenters. The number of nitrogens with one attached hydrogen (secondary N) is 1. The molecule has 7 aliphatic rings. The highest BCUT2D eigenvalue weighted by Gasteiger charge is 2.57. The van der Waals surface area contributed by atoms with Crippen molar-refractivity contribution in [2.75, 3.05) is 7.05 Å². The molecule has 5 nitrogen and oxygen atoms in total. The van der Waals surface area contributed by atoms with Crippen molar-refractivity contribution in [3.63, 3.8) is 0 Å². The Hall–Kier alpha value is -4.62. The molecule has 3 aromatic carbocycles. The molecule has 312 valence electrons. The lowest BCUT2D eigenvalue weighted by molar-refractivity contribution is 0.0817. The second kappa shape index (κ2) is 15.0. The van der Waals surface area contributed by atoms with Crippen LogP contribution < -0.4 is 4.72 Å². The topological polar surface area (TPSA) is 52.4 Å². The minimum atomic E-state index is -0.384. The summed E-state index contributed by atoms with van der Waals surface area (Å²) in [4.78, 5) is 13.7. The van der Waals surface area contributed by atoms with Crippen LogP contribution in [0.1, 0.15) is 103 Å². The van der Waals surface area contributed by atoms with Crippen LogP contribution in [0.3, 0.4) is 0 Å². The second-order valence-corrected chi connectivity index (χ2v) is 20.6. The zero-order valence-corrected chi connectivity index (χ0v) is 38.0. The number of rotatable bonds is 6. The number of aliphatic imine (C=N–C) groups is 2. The van der Waals surface area contributed by atoms with Crippen LogP contribution in [0.15, 0.2) is 170 Å². The summed E-state index contributed by atoms with van der Waals surface area (Å²) in [5.74, 6) is 1.50. The summed E-state index contributed by atoms with van der Waals surface area (Å²) in [5, 5.41) is 0. The first-order valence-electron chi connectivity index (χ1n) is 22.7. The van der Waals surface area contributed by atoms with Crippen molar-refractivity contribution in [3.05, 3.63) is 178 Å². The van der Waals surface area contributed by atoms with E-state index in [0.717, 1.165) is 31.4 Å². The maximum atomic E-state index is 5.86. The summed E-state index contributed by atoms with van der Waals surface area (Å²) in [6, 6.07) is 31.4. The van der Waals surface area contributed by atoms with Gasteiger partial charge in [-0.15, -0.1) is 0 Å². The van der Waals surface area contributed by atoms with Crippen molar-refractivity contribution in [2.45, 2.75) is 103 Å². The summed E-state index contributed by atoms with van der Waals surface area (Å²) >= 11 is 1.52. The van der Waals surface area contributed by atoms with Gasteiger partial charge in [-0.2, -0.15) is 0 Å². The fraction of sp³-hybridized carbons (Fsp3) is 0.400. The quantitative estimate of drug-likeness (QED) is 0.199. The van der Waals surface area contributed by atoms with E-state index in [-0.39, 0.29) is 40.0 Å². The number of hydrogen-bond acceptors (Lipinski definition) is 6. The zero-order valence-electron chi connectivity index (χ0n) is 37.2. The summed E-state index contributed by atoms with van der Waals surface area (Å²) in [7, 11) is 2.25. The molecule has 0 spiro atoms. The molecule has 0 aromatic heterocycles. The van der Waals surface area contributed by atoms with Gasteiger partial charge < -0.3 is 0 Å². The lowest BCUT2D eigenvalue weighted by Gasteiger charge is -2.52. The van der Waals surface area contributed by atoms with E-state index in [4.69, 9.17) is 14.4 Å². The number of fused-ring (bicyclic) bond motifs is 4. The van der Waals surface area contributed by atoms with Gasteiger partial charge in [0.15, 0.2) is 0 Å². The summed E-state index contributed by atoms with van der Waals surface area (Å²) in [6.07, 6.45) is 23.0. The maximum absolute atomic E-state index is 5.86. The number of hydrogen-bond donors (Lipinski definition) is 1. The Morgan fingerprint density at radius 1 is 0.787 bits per heavy atom. The van der Waals surface area contributed by atoms with E-state index in [1.807, 2.05) is 0 Å². The van der Waals surface area contributed by atoms with E-state index in [1.54, 1.807) is 0 Å². The molecule has 3 aromatic rings. The molecule has 10 unspecified atom stereocenters. The van der Waals surface area contributed by atoms with Crippen molar-refractivity contribution in [2.24, 2.45) is 43.5 Å². The van der Waals surface area contributed by atoms with Crippen molar-refractivity contribution in [1.82, 2.24) is 9.62 Å². The van der Waals surface area contributed by atoms with Gasteiger partial charge in [0.1, 0.15) is 6.17 Å². The minimum absolute atomic E-state index is 0.00473. The number of nitrogens with zero attached hydrogens (tertiary/aromatic N) is 4. The SMILES string of the molecule is CC1C=CC2(C)C3=C(C=C(C4C=CC=CC4C)C4=NSNC43C)C(C3=CCC(C)(c4ccc(C5(C)CC(c6ccccc6)=NC(c6ccccc6)N5C)cc4)CC3C)=NC2C1. The van der Waals surface area contributed by atoms with Crippen LogP contribution in [0.4, 0.5) is 0 Å². The summed E-state index contributed by atoms with van der Waals surface area (Å²) in [6.45, 7) is 16.9. The highest BCUT2D eigenvalue weighted by Crippen LogP contribution is 2.57. The molecule has 0 radical (unpaired) electrons. The number of dihydropyridines is 1. The number of benzene rings is 3. The first kappa shape index (κ1) is 40.5. The van der Waals surface area contributed by atoms with Crippen molar-refractivity contribution < 1.29 is 0 Å². The standard InChI is InChI=1S/C55H61N5S/c1-35-27-30-53(5)47(31-35)57-48(45-32-44(42-22-16-15-17-36(42)2)50-55(7,49(45)53)59-61-58-50)43-28-29-52(4,33-37(43)3)40-23-25-41(26-24-40)54(6)34-46(38-18-11-9-12-19-38)56-51(60(54)8)39-20-13-10-14-21-39/h9-28,30,32,35-37,42,47,51,59H,29,31,33-34H2,1-8H3. The van der Waals surface area contributed by atoms with Gasteiger partial charge in [0.05, 0.1) is 40.7 Å². The van der Waals surface area contributed by atoms with E-state index >= 15 is 0 Å². The third kappa shape index (κ3) is 6.54. The van der Waals surface area contributed by atoms with Gasteiger partial charge >= 0.3 is 0 Å². The first-order chi connectivity index (χ1) is 29.3. The molecule has 3 heterocycles. The molecular weight excluding hydrogens is 763 g/mol. The predicted molar refractivity (Wildman–Crippen MR) is 257 cm³/mol. The van der Waals surface area contributed by atoms with Gasteiger partial charge in [-0.1, -0.05) is 162 Å². The van der Waals surface area contributed by atoms with Gasteiger partial charge in [-0.05, 0) is 108 Å². The van der Waals surface area contributed by atoms with Crippen LogP contribution in [0.25, 0.3) is 0 Å². The summed E-state index contributed by atoms with van der Waals surface area (Å²) < 4.78 is 9.02. The van der Waals surface area contributed by atoms with Crippen LogP contribution in [-0.4, -0.2) is 40.7 Å². The van der Waals surface area contributed by atoms with E-state index in [0.29, 0.717) is 17.8 Å². The van der Waals surface area contributed by atoms with E-state index < -0.39 is 0 Å². The highest BCUT2D eigenvalue weighted by atomic mass is 32.2. The van der Waals surface area contributed by atoms with Crippen LogP contribution in [-0.2, 0) is 11.0 Å². The molecule has 0 fully saturated rings. The minimum Gasteiger partial charge on any atom is -0.280 e. The lowest BCUT2D eigenvalue weighted by atomic mass is 9.56. The highest BCUT2D eigenvalue weighted by molar-refractivity contribution is 7.96. The molecule has 0 amide bonds. The molecule has 3 aliphatic heterocycles. The zero-order chi connectivity index (χ0) is 42.3. The Balaban J connectivity index is 0.997. The predicted octanol–water partition coefficient (Wildman–Crippen LogP) is 12.4. The molecular formula is C55H61N5S. The molecule has 1 N–H and O–H groups in total. The third-order valence-electron chi connectivity index (χ3n) is 15.8. The smallest absolute Gasteiger partial charge is 0.128 e. The largest absolute Gasteiger partial charge is 0.280 e. The van der Waals surface area contributed by atoms with E-state index in [2.05, 4.69) is 199 Å². The van der Waals surface area contributed by atoms with Gasteiger partial charge in [0.2, 0.25) is 0 Å². The average Bonchev–Trinajstić information content (AvgIpc) is 3.67. The monoisotopic (exact) mass is 823 g/mol. The average molecular weight is 824 g/mol. The molecule has 6 heteroatoms. The van der Waals surface area contributed by atoms with Crippen LogP contribution in [0, 0.1) is 29.1 Å². The Morgan fingerprint density at radius 3 is 2.21 bits per heavy atom. The molecule has 0 saturated carbocycles. The Bertz CT molecular complexity index is 2520. The van der Waals surface area contributed by atoms with Gasteiger partial charge in [0.25, 0.3) is 0 Å². The van der Waals surface area contributed by atoms with Crippen LogP contribution in [0.2, 0.25) is 0 Å². The normalized spacial score (nSPS) is 36.9. The molecule has 4 aliphatic carbocycles. The third-order valence-corrected chi connectivity index (χ3v) is 16.6. The van der Waals surface area contributed by atoms with Crippen molar-refractivity contribution >= 4 is 29.3 Å². The lowest BCUT2D eigenvalue weighted by Crippen LogP contribution is -2.57. The van der Waals surface area contributed by atoms with Gasteiger partial charge in [-0.25, -0.2) is 9.12 Å². The van der Waals surface area contributed by atoms with Crippen molar-refractivity contribution in [1.29, 1.82) is 0 Å². The Morgan fingerprint density at radius 2 is 1.49 bits per heavy atom. The Kier molecular flexibility index (Phi) is 9.97. The van der Waals surface area contributed by atoms with Gasteiger partial charge in [-0.3, -0.25) is 14.9 Å². The number of allylic oxidation sites excluding steroid dienone is 9. The Labute approximate surface area is 368 Å². The maximum Gasteiger partial charge on any atom is 0.128 e. The molecule has 0 bridgehead atoms. The van der Waals surface area contributed by atoms with E-state index in [1.165, 1.54) is 68.1 Å². The first-order valence-corrected chi connectivity index (χ1v) is 23.4. The summed E-state index contributed by atoms with van der Waals surface area (Å²) in [5.41, 5.74) is 13.4. The molecule has 0 saturated heterocycles. The van der Waals surface area contributed by atoms with E-state index in [9.17, 15) is 0 Å². The fourth-order valence-corrected chi connectivity index (χ4v) is 12.8. The van der Waals surface area contributed by atoms with Gasteiger partial charge in [0, 0.05) is 29.0 Å². The van der Waals surface area contributed by atoms with Crippen molar-refractivity contribution in [3.8, 4) is 0 Å². The molecule has 61 heavy (non-hydrogen) atoms. The molecule has 10 rings (SSSR count). The van der Waals surface area contributed by atoms with Crippen LogP contribution >= 0.6 is 12.1 Å². The second-order valence-electron chi connectivity index (χ2n) is 20.0. The fourth-order valence-electron chi connectivity index (χ4n) is 12.0. The van der Waals surface area contributed by atoms with Crippen LogP contribution in [0.5, 0.6) is 0 Å².